The SMILES string of the molecule is C=CCc1cccc2c1C(=O)N(N)C2=O. The van der Waals surface area contributed by atoms with Crippen molar-refractivity contribution in [2.45, 2.75) is 6.42 Å². The number of carbonyl (C=O) groups is 2. The summed E-state index contributed by atoms with van der Waals surface area (Å²) in [7, 11) is 0. The lowest BCUT2D eigenvalue weighted by atomic mass is 10.0. The number of rotatable bonds is 2. The Labute approximate surface area is 87.0 Å². The Morgan fingerprint density at radius 1 is 1.33 bits per heavy atom. The molecule has 2 rings (SSSR count). The quantitative estimate of drug-likeness (QED) is 0.335. The molecule has 2 amide bonds. The van der Waals surface area contributed by atoms with Gasteiger partial charge in [-0.2, -0.15) is 0 Å². The zero-order valence-electron chi connectivity index (χ0n) is 8.06. The summed E-state index contributed by atoms with van der Waals surface area (Å²) in [6.45, 7) is 3.60. The van der Waals surface area contributed by atoms with Gasteiger partial charge in [0, 0.05) is 0 Å². The Hall–Kier alpha value is -1.94. The molecule has 0 aromatic heterocycles. The topological polar surface area (TPSA) is 63.4 Å². The highest BCUT2D eigenvalue weighted by atomic mass is 16.2. The minimum atomic E-state index is -0.444. The van der Waals surface area contributed by atoms with Crippen LogP contribution in [0.5, 0.6) is 0 Å². The van der Waals surface area contributed by atoms with E-state index in [1.807, 2.05) is 0 Å². The number of nitrogens with zero attached hydrogens (tertiary/aromatic N) is 1. The highest BCUT2D eigenvalue weighted by Crippen LogP contribution is 2.24. The Kier molecular flexibility index (Phi) is 2.13. The second kappa shape index (κ2) is 3.33. The van der Waals surface area contributed by atoms with Crippen molar-refractivity contribution in [3.63, 3.8) is 0 Å². The molecule has 2 N–H and O–H groups in total. The van der Waals surface area contributed by atoms with Crippen molar-refractivity contribution < 1.29 is 9.59 Å². The Morgan fingerprint density at radius 3 is 2.73 bits per heavy atom. The molecular weight excluding hydrogens is 192 g/mol. The first-order valence-electron chi connectivity index (χ1n) is 4.53. The van der Waals surface area contributed by atoms with Crippen LogP contribution >= 0.6 is 0 Å². The molecule has 1 aromatic rings. The van der Waals surface area contributed by atoms with E-state index in [0.29, 0.717) is 22.6 Å². The van der Waals surface area contributed by atoms with Gasteiger partial charge in [0.25, 0.3) is 11.8 Å². The summed E-state index contributed by atoms with van der Waals surface area (Å²) in [5, 5.41) is 0.650. The van der Waals surface area contributed by atoms with Gasteiger partial charge < -0.3 is 0 Å². The van der Waals surface area contributed by atoms with Crippen molar-refractivity contribution in [3.8, 4) is 0 Å². The number of fused-ring (bicyclic) bond motifs is 1. The maximum Gasteiger partial charge on any atom is 0.276 e. The van der Waals surface area contributed by atoms with Crippen molar-refractivity contribution in [3.05, 3.63) is 47.5 Å². The van der Waals surface area contributed by atoms with Crippen molar-refractivity contribution >= 4 is 11.8 Å². The monoisotopic (exact) mass is 202 g/mol. The first-order valence-corrected chi connectivity index (χ1v) is 4.53. The minimum Gasteiger partial charge on any atom is -0.267 e. The number of amides is 2. The van der Waals surface area contributed by atoms with Gasteiger partial charge in [0.15, 0.2) is 0 Å². The molecule has 0 unspecified atom stereocenters. The molecule has 1 heterocycles. The van der Waals surface area contributed by atoms with E-state index in [1.54, 1.807) is 24.3 Å². The van der Waals surface area contributed by atoms with Gasteiger partial charge in [0.05, 0.1) is 11.1 Å². The number of imide groups is 1. The number of hydrogen-bond donors (Lipinski definition) is 1. The summed E-state index contributed by atoms with van der Waals surface area (Å²) in [5.74, 6) is 4.46. The molecule has 0 bridgehead atoms. The summed E-state index contributed by atoms with van der Waals surface area (Å²) in [5.41, 5.74) is 1.57. The Morgan fingerprint density at radius 2 is 2.07 bits per heavy atom. The maximum atomic E-state index is 11.6. The Bertz CT molecular complexity index is 466. The van der Waals surface area contributed by atoms with Crippen LogP contribution in [0, 0.1) is 0 Å². The fraction of sp³-hybridized carbons (Fsp3) is 0.0909. The van der Waals surface area contributed by atoms with Gasteiger partial charge in [-0.05, 0) is 18.1 Å². The van der Waals surface area contributed by atoms with Crippen LogP contribution in [0.4, 0.5) is 0 Å². The molecule has 0 aliphatic carbocycles. The van der Waals surface area contributed by atoms with E-state index >= 15 is 0 Å². The molecular formula is C11H10N2O2. The second-order valence-electron chi connectivity index (χ2n) is 3.31. The molecule has 1 aliphatic rings. The third-order valence-corrected chi connectivity index (χ3v) is 2.40. The third-order valence-electron chi connectivity index (χ3n) is 2.40. The predicted molar refractivity (Wildman–Crippen MR) is 55.0 cm³/mol. The van der Waals surface area contributed by atoms with Crippen LogP contribution < -0.4 is 5.84 Å². The molecule has 1 aromatic carbocycles. The van der Waals surface area contributed by atoms with Gasteiger partial charge in [-0.1, -0.05) is 18.2 Å². The van der Waals surface area contributed by atoms with Gasteiger partial charge in [0.2, 0.25) is 0 Å². The minimum absolute atomic E-state index is 0.377. The van der Waals surface area contributed by atoms with E-state index < -0.39 is 11.8 Å². The lowest BCUT2D eigenvalue weighted by Crippen LogP contribution is -2.36. The Balaban J connectivity index is 2.63. The number of hydrazine groups is 1. The smallest absolute Gasteiger partial charge is 0.267 e. The number of hydrogen-bond acceptors (Lipinski definition) is 3. The maximum absolute atomic E-state index is 11.6. The first kappa shape index (κ1) is 9.61. The van der Waals surface area contributed by atoms with Crippen LogP contribution in [0.3, 0.4) is 0 Å². The lowest BCUT2D eigenvalue weighted by Gasteiger charge is -2.04. The third kappa shape index (κ3) is 1.27. The van der Waals surface area contributed by atoms with Crippen LogP contribution in [0.25, 0.3) is 0 Å². The number of carbonyl (C=O) groups excluding carboxylic acids is 2. The lowest BCUT2D eigenvalue weighted by molar-refractivity contribution is 0.0653. The van der Waals surface area contributed by atoms with E-state index in [4.69, 9.17) is 5.84 Å². The predicted octanol–water partition coefficient (Wildman–Crippen LogP) is 0.885. The van der Waals surface area contributed by atoms with Gasteiger partial charge >= 0.3 is 0 Å². The fourth-order valence-electron chi connectivity index (χ4n) is 1.70. The largest absolute Gasteiger partial charge is 0.276 e. The molecule has 0 fully saturated rings. The summed E-state index contributed by atoms with van der Waals surface area (Å²) in [4.78, 5) is 23.2. The number of benzene rings is 1. The summed E-state index contributed by atoms with van der Waals surface area (Å²) >= 11 is 0. The molecule has 0 radical (unpaired) electrons. The summed E-state index contributed by atoms with van der Waals surface area (Å²) in [6.07, 6.45) is 2.24. The van der Waals surface area contributed by atoms with Crippen molar-refractivity contribution in [2.24, 2.45) is 5.84 Å². The van der Waals surface area contributed by atoms with Gasteiger partial charge in [-0.3, -0.25) is 9.59 Å². The highest BCUT2D eigenvalue weighted by Gasteiger charge is 2.34. The molecule has 76 valence electrons. The normalized spacial score (nSPS) is 14.3. The summed E-state index contributed by atoms with van der Waals surface area (Å²) in [6, 6.07) is 5.14. The average Bonchev–Trinajstić information content (AvgIpc) is 2.46. The van der Waals surface area contributed by atoms with E-state index in [1.165, 1.54) is 0 Å². The highest BCUT2D eigenvalue weighted by molar-refractivity contribution is 6.21. The first-order chi connectivity index (χ1) is 7.16. The molecule has 4 heteroatoms. The standard InChI is InChI=1S/C11H10N2O2/c1-2-4-7-5-3-6-8-9(7)11(15)13(12)10(8)14/h2-3,5-6H,1,4,12H2. The van der Waals surface area contributed by atoms with E-state index in [0.717, 1.165) is 5.56 Å². The molecule has 4 nitrogen and oxygen atoms in total. The fourth-order valence-corrected chi connectivity index (χ4v) is 1.70. The zero-order valence-corrected chi connectivity index (χ0v) is 8.06. The van der Waals surface area contributed by atoms with E-state index in [2.05, 4.69) is 6.58 Å². The van der Waals surface area contributed by atoms with Crippen molar-refractivity contribution in [1.82, 2.24) is 5.01 Å². The molecule has 0 atom stereocenters. The number of nitrogens with two attached hydrogens (primary N) is 1. The molecule has 0 spiro atoms. The molecule has 1 aliphatic heterocycles. The van der Waals surface area contributed by atoms with Crippen LogP contribution in [0.15, 0.2) is 30.9 Å². The van der Waals surface area contributed by atoms with Gasteiger partial charge in [-0.25, -0.2) is 10.9 Å². The second-order valence-corrected chi connectivity index (χ2v) is 3.31. The summed E-state index contributed by atoms with van der Waals surface area (Å²) < 4.78 is 0. The van der Waals surface area contributed by atoms with E-state index in [9.17, 15) is 9.59 Å². The van der Waals surface area contributed by atoms with Crippen LogP contribution in [0.2, 0.25) is 0 Å². The van der Waals surface area contributed by atoms with Crippen molar-refractivity contribution in [1.29, 1.82) is 0 Å². The van der Waals surface area contributed by atoms with Crippen LogP contribution in [-0.4, -0.2) is 16.8 Å². The van der Waals surface area contributed by atoms with Crippen LogP contribution in [0.1, 0.15) is 26.3 Å². The van der Waals surface area contributed by atoms with Gasteiger partial charge in [0.1, 0.15) is 0 Å². The van der Waals surface area contributed by atoms with Crippen molar-refractivity contribution in [2.75, 3.05) is 0 Å². The van der Waals surface area contributed by atoms with Gasteiger partial charge in [-0.15, -0.1) is 6.58 Å². The zero-order chi connectivity index (χ0) is 11.0. The molecule has 0 saturated carbocycles. The molecule has 0 saturated heterocycles. The average molecular weight is 202 g/mol. The van der Waals surface area contributed by atoms with Crippen LogP contribution in [-0.2, 0) is 6.42 Å². The number of allylic oxidation sites excluding steroid dienone is 1. The van der Waals surface area contributed by atoms with E-state index in [-0.39, 0.29) is 0 Å². The molecule has 15 heavy (non-hydrogen) atoms.